The maximum atomic E-state index is 11.2. The van der Waals surface area contributed by atoms with Crippen molar-refractivity contribution < 1.29 is 14.7 Å². The van der Waals surface area contributed by atoms with Gasteiger partial charge >= 0.3 is 5.97 Å². The number of nitrogens with zero attached hydrogens (tertiary/aromatic N) is 1. The Labute approximate surface area is 119 Å². The van der Waals surface area contributed by atoms with Crippen molar-refractivity contribution in [2.45, 2.75) is 32.2 Å². The van der Waals surface area contributed by atoms with E-state index in [1.807, 2.05) is 42.2 Å². The van der Waals surface area contributed by atoms with Crippen LogP contribution in [0.15, 0.2) is 30.3 Å². The smallest absolute Gasteiger partial charge is 0.303 e. The van der Waals surface area contributed by atoms with Gasteiger partial charge < -0.3 is 10.8 Å². The molecule has 0 bridgehead atoms. The van der Waals surface area contributed by atoms with Crippen molar-refractivity contribution >= 4 is 11.9 Å². The van der Waals surface area contributed by atoms with Crippen LogP contribution < -0.4 is 5.73 Å². The van der Waals surface area contributed by atoms with Gasteiger partial charge in [0.15, 0.2) is 0 Å². The number of hydrogen-bond acceptors (Lipinski definition) is 3. The first-order valence-electron chi connectivity index (χ1n) is 6.80. The van der Waals surface area contributed by atoms with Crippen molar-refractivity contribution in [3.05, 3.63) is 35.9 Å². The minimum atomic E-state index is -0.789. The van der Waals surface area contributed by atoms with Crippen LogP contribution in [-0.4, -0.2) is 35.0 Å². The molecule has 0 heterocycles. The van der Waals surface area contributed by atoms with Gasteiger partial charge in [-0.2, -0.15) is 0 Å². The quantitative estimate of drug-likeness (QED) is 0.674. The first kappa shape index (κ1) is 16.2. The molecule has 0 radical (unpaired) electrons. The molecule has 5 nitrogen and oxygen atoms in total. The summed E-state index contributed by atoms with van der Waals surface area (Å²) in [4.78, 5) is 23.6. The Morgan fingerprint density at radius 1 is 1.25 bits per heavy atom. The van der Waals surface area contributed by atoms with Gasteiger partial charge in [0, 0.05) is 12.5 Å². The lowest BCUT2D eigenvalue weighted by atomic mass is 10.1. The molecule has 0 aliphatic carbocycles. The van der Waals surface area contributed by atoms with Crippen molar-refractivity contribution in [1.29, 1.82) is 0 Å². The van der Waals surface area contributed by atoms with Crippen molar-refractivity contribution in [3.63, 3.8) is 0 Å². The lowest BCUT2D eigenvalue weighted by Crippen LogP contribution is -2.36. The fourth-order valence-electron chi connectivity index (χ4n) is 2.14. The third-order valence-electron chi connectivity index (χ3n) is 3.27. The highest BCUT2D eigenvalue weighted by Crippen LogP contribution is 2.20. The number of carbonyl (C=O) groups excluding carboxylic acids is 1. The fraction of sp³-hybridized carbons (Fsp3) is 0.467. The van der Waals surface area contributed by atoms with Crippen molar-refractivity contribution in [3.8, 4) is 0 Å². The van der Waals surface area contributed by atoms with E-state index in [4.69, 9.17) is 10.8 Å². The summed E-state index contributed by atoms with van der Waals surface area (Å²) in [6.45, 7) is 2.87. The summed E-state index contributed by atoms with van der Waals surface area (Å²) in [6.07, 6.45) is 1.49. The number of rotatable bonds is 9. The first-order valence-corrected chi connectivity index (χ1v) is 6.80. The Hall–Kier alpha value is -1.88. The largest absolute Gasteiger partial charge is 0.481 e. The van der Waals surface area contributed by atoms with Gasteiger partial charge in [0.2, 0.25) is 5.91 Å². The Kier molecular flexibility index (Phi) is 6.73. The highest BCUT2D eigenvalue weighted by atomic mass is 16.4. The number of hydrogen-bond donors (Lipinski definition) is 2. The van der Waals surface area contributed by atoms with Crippen LogP contribution in [0.1, 0.15) is 37.8 Å². The van der Waals surface area contributed by atoms with Crippen LogP contribution in [0, 0.1) is 0 Å². The molecule has 1 aromatic rings. The van der Waals surface area contributed by atoms with Gasteiger partial charge in [-0.25, -0.2) is 0 Å². The Morgan fingerprint density at radius 3 is 2.45 bits per heavy atom. The number of aliphatic carboxylic acids is 1. The molecule has 0 saturated heterocycles. The van der Waals surface area contributed by atoms with Crippen LogP contribution in [0.25, 0.3) is 0 Å². The third-order valence-corrected chi connectivity index (χ3v) is 3.27. The maximum Gasteiger partial charge on any atom is 0.303 e. The zero-order valence-electron chi connectivity index (χ0n) is 11.8. The van der Waals surface area contributed by atoms with E-state index in [9.17, 15) is 9.59 Å². The number of nitrogens with two attached hydrogens (primary N) is 1. The molecule has 20 heavy (non-hydrogen) atoms. The Bertz CT molecular complexity index is 434. The lowest BCUT2D eigenvalue weighted by Gasteiger charge is -2.28. The average Bonchev–Trinajstić information content (AvgIpc) is 2.41. The SMILES string of the molecule is C[C@H](c1ccccc1)N(CCCCC(=O)O)CC(N)=O. The topological polar surface area (TPSA) is 83.6 Å². The molecule has 110 valence electrons. The van der Waals surface area contributed by atoms with Crippen molar-refractivity contribution in [1.82, 2.24) is 4.90 Å². The molecule has 0 aromatic heterocycles. The van der Waals surface area contributed by atoms with Gasteiger partial charge in [-0.1, -0.05) is 30.3 Å². The van der Waals surface area contributed by atoms with Crippen LogP contribution in [0.4, 0.5) is 0 Å². The minimum Gasteiger partial charge on any atom is -0.481 e. The number of carboxylic acids is 1. The van der Waals surface area contributed by atoms with Crippen LogP contribution in [-0.2, 0) is 9.59 Å². The molecule has 1 amide bonds. The standard InChI is InChI=1S/C15H22N2O3/c1-12(13-7-3-2-4-8-13)17(11-14(16)18)10-6-5-9-15(19)20/h2-4,7-8,12H,5-6,9-11H2,1H3,(H2,16,18)(H,19,20)/t12-/m1/s1. The summed E-state index contributed by atoms with van der Waals surface area (Å²) in [7, 11) is 0. The first-order chi connectivity index (χ1) is 9.50. The minimum absolute atomic E-state index is 0.0773. The Balaban J connectivity index is 2.59. The summed E-state index contributed by atoms with van der Waals surface area (Å²) in [5.74, 6) is -1.16. The maximum absolute atomic E-state index is 11.2. The molecule has 1 rings (SSSR count). The predicted octanol–water partition coefficient (Wildman–Crippen LogP) is 1.79. The van der Waals surface area contributed by atoms with Crippen molar-refractivity contribution in [2.75, 3.05) is 13.1 Å². The van der Waals surface area contributed by atoms with Crippen LogP contribution >= 0.6 is 0 Å². The highest BCUT2D eigenvalue weighted by molar-refractivity contribution is 5.76. The number of carboxylic acid groups (broad SMARTS) is 1. The molecule has 0 spiro atoms. The molecule has 0 fully saturated rings. The second kappa shape index (κ2) is 8.32. The van der Waals surface area contributed by atoms with E-state index >= 15 is 0 Å². The van der Waals surface area contributed by atoms with E-state index in [-0.39, 0.29) is 24.9 Å². The summed E-state index contributed by atoms with van der Waals surface area (Å²) >= 11 is 0. The number of unbranched alkanes of at least 4 members (excludes halogenated alkanes) is 1. The van der Waals surface area contributed by atoms with Gasteiger partial charge in [0.1, 0.15) is 0 Å². The van der Waals surface area contributed by atoms with Gasteiger partial charge in [-0.15, -0.1) is 0 Å². The summed E-state index contributed by atoms with van der Waals surface area (Å²) < 4.78 is 0. The monoisotopic (exact) mass is 278 g/mol. The number of amides is 1. The molecular weight excluding hydrogens is 256 g/mol. The van der Waals surface area contributed by atoms with E-state index in [1.165, 1.54) is 0 Å². The molecule has 1 atom stereocenters. The zero-order chi connectivity index (χ0) is 15.0. The van der Waals surface area contributed by atoms with E-state index in [2.05, 4.69) is 0 Å². The lowest BCUT2D eigenvalue weighted by molar-refractivity contribution is -0.137. The Morgan fingerprint density at radius 2 is 1.90 bits per heavy atom. The van der Waals surface area contributed by atoms with Crippen molar-refractivity contribution in [2.24, 2.45) is 5.73 Å². The van der Waals surface area contributed by atoms with Crippen LogP contribution in [0.2, 0.25) is 0 Å². The van der Waals surface area contributed by atoms with Gasteiger partial charge in [0.25, 0.3) is 0 Å². The van der Waals surface area contributed by atoms with E-state index in [0.29, 0.717) is 13.0 Å². The number of primary amides is 1. The number of benzene rings is 1. The molecule has 0 saturated carbocycles. The fourth-order valence-corrected chi connectivity index (χ4v) is 2.14. The zero-order valence-corrected chi connectivity index (χ0v) is 11.8. The molecule has 0 aliphatic rings. The van der Waals surface area contributed by atoms with Gasteiger partial charge in [-0.05, 0) is 31.9 Å². The third kappa shape index (κ3) is 5.84. The summed E-state index contributed by atoms with van der Waals surface area (Å²) in [5, 5.41) is 8.62. The number of carbonyl (C=O) groups is 2. The second-order valence-corrected chi connectivity index (χ2v) is 4.87. The van der Waals surface area contributed by atoms with Crippen LogP contribution in [0.5, 0.6) is 0 Å². The molecular formula is C15H22N2O3. The van der Waals surface area contributed by atoms with E-state index < -0.39 is 5.97 Å². The van der Waals surface area contributed by atoms with Crippen LogP contribution in [0.3, 0.4) is 0 Å². The van der Waals surface area contributed by atoms with Gasteiger partial charge in [-0.3, -0.25) is 14.5 Å². The summed E-state index contributed by atoms with van der Waals surface area (Å²) in [5.41, 5.74) is 6.40. The normalized spacial score (nSPS) is 12.3. The molecule has 0 aliphatic heterocycles. The predicted molar refractivity (Wildman–Crippen MR) is 77.1 cm³/mol. The summed E-state index contributed by atoms with van der Waals surface area (Å²) in [6, 6.07) is 9.96. The molecule has 5 heteroatoms. The van der Waals surface area contributed by atoms with Gasteiger partial charge in [0.05, 0.1) is 6.54 Å². The second-order valence-electron chi connectivity index (χ2n) is 4.87. The molecule has 1 aromatic carbocycles. The average molecular weight is 278 g/mol. The highest BCUT2D eigenvalue weighted by Gasteiger charge is 2.17. The van der Waals surface area contributed by atoms with E-state index in [0.717, 1.165) is 12.0 Å². The van der Waals surface area contributed by atoms with E-state index in [1.54, 1.807) is 0 Å². The molecule has 0 unspecified atom stereocenters. The molecule has 3 N–H and O–H groups in total.